The maximum absolute atomic E-state index is 11.2. The lowest BCUT2D eigenvalue weighted by molar-refractivity contribution is -0.143. The lowest BCUT2D eigenvalue weighted by atomic mass is 10.1. The van der Waals surface area contributed by atoms with Crippen LogP contribution in [0.15, 0.2) is 0 Å². The van der Waals surface area contributed by atoms with Crippen molar-refractivity contribution in [1.29, 1.82) is 0 Å². The van der Waals surface area contributed by atoms with Crippen LogP contribution in [-0.4, -0.2) is 49.6 Å². The monoisotopic (exact) mass is 228 g/mol. The van der Waals surface area contributed by atoms with Gasteiger partial charge in [-0.25, -0.2) is 0 Å². The van der Waals surface area contributed by atoms with Crippen LogP contribution in [0.25, 0.3) is 0 Å². The van der Waals surface area contributed by atoms with E-state index in [4.69, 9.17) is 4.74 Å². The van der Waals surface area contributed by atoms with Crippen LogP contribution in [-0.2, 0) is 14.3 Å². The number of carbonyl (C=O) groups is 2. The highest BCUT2D eigenvalue weighted by Gasteiger charge is 2.22. The molecule has 16 heavy (non-hydrogen) atoms. The number of piperidine rings is 1. The van der Waals surface area contributed by atoms with E-state index in [0.29, 0.717) is 32.0 Å². The topological polar surface area (TPSA) is 58.6 Å². The van der Waals surface area contributed by atoms with Gasteiger partial charge in [0.25, 0.3) is 0 Å². The van der Waals surface area contributed by atoms with Crippen LogP contribution in [0.3, 0.4) is 0 Å². The van der Waals surface area contributed by atoms with Gasteiger partial charge in [0.1, 0.15) is 0 Å². The molecule has 1 fully saturated rings. The second-order valence-electron chi connectivity index (χ2n) is 4.02. The van der Waals surface area contributed by atoms with E-state index in [1.165, 1.54) is 0 Å². The van der Waals surface area contributed by atoms with Gasteiger partial charge in [0.2, 0.25) is 5.91 Å². The van der Waals surface area contributed by atoms with Crippen LogP contribution in [0.5, 0.6) is 0 Å². The fourth-order valence-electron chi connectivity index (χ4n) is 1.79. The van der Waals surface area contributed by atoms with Crippen molar-refractivity contribution in [1.82, 2.24) is 10.2 Å². The number of hydrogen-bond acceptors (Lipinski definition) is 4. The number of nitrogens with one attached hydrogen (secondary N) is 1. The SMILES string of the molecule is CCOC(=O)CCNC1CCC(=O)N(C)C1. The summed E-state index contributed by atoms with van der Waals surface area (Å²) in [4.78, 5) is 24.0. The molecule has 0 aromatic heterocycles. The Morgan fingerprint density at radius 1 is 1.62 bits per heavy atom. The molecule has 0 aromatic carbocycles. The molecule has 0 saturated carbocycles. The molecule has 0 aliphatic carbocycles. The second-order valence-corrected chi connectivity index (χ2v) is 4.02. The maximum atomic E-state index is 11.2. The summed E-state index contributed by atoms with van der Waals surface area (Å²) < 4.78 is 4.83. The van der Waals surface area contributed by atoms with Crippen molar-refractivity contribution in [3.05, 3.63) is 0 Å². The highest BCUT2D eigenvalue weighted by atomic mass is 16.5. The molecule has 1 N–H and O–H groups in total. The third-order valence-electron chi connectivity index (χ3n) is 2.69. The lowest BCUT2D eigenvalue weighted by Crippen LogP contribution is -2.47. The summed E-state index contributed by atoms with van der Waals surface area (Å²) in [5.74, 6) is 0.0266. The standard InChI is InChI=1S/C11H20N2O3/c1-3-16-11(15)6-7-12-9-4-5-10(14)13(2)8-9/h9,12H,3-8H2,1-2H3. The number of ether oxygens (including phenoxy) is 1. The minimum atomic E-state index is -0.171. The molecule has 1 amide bonds. The van der Waals surface area contributed by atoms with Gasteiger partial charge < -0.3 is 15.0 Å². The molecule has 0 radical (unpaired) electrons. The highest BCUT2D eigenvalue weighted by Crippen LogP contribution is 2.09. The van der Waals surface area contributed by atoms with E-state index in [9.17, 15) is 9.59 Å². The Bertz CT molecular complexity index is 256. The molecular formula is C11H20N2O3. The molecule has 1 aliphatic rings. The molecule has 1 saturated heterocycles. The van der Waals surface area contributed by atoms with E-state index in [2.05, 4.69) is 5.32 Å². The molecule has 1 unspecified atom stereocenters. The van der Waals surface area contributed by atoms with Gasteiger partial charge in [0, 0.05) is 32.6 Å². The molecule has 1 rings (SSSR count). The summed E-state index contributed by atoms with van der Waals surface area (Å²) >= 11 is 0. The Morgan fingerprint density at radius 3 is 3.00 bits per heavy atom. The zero-order valence-corrected chi connectivity index (χ0v) is 9.99. The van der Waals surface area contributed by atoms with E-state index in [1.54, 1.807) is 11.8 Å². The van der Waals surface area contributed by atoms with Crippen molar-refractivity contribution in [3.63, 3.8) is 0 Å². The zero-order chi connectivity index (χ0) is 12.0. The smallest absolute Gasteiger partial charge is 0.307 e. The summed E-state index contributed by atoms with van der Waals surface area (Å²) in [6, 6.07) is 0.303. The van der Waals surface area contributed by atoms with E-state index in [1.807, 2.05) is 7.05 Å². The normalized spacial score (nSPS) is 21.0. The predicted molar refractivity (Wildman–Crippen MR) is 59.9 cm³/mol. The first-order valence-electron chi connectivity index (χ1n) is 5.76. The van der Waals surface area contributed by atoms with Gasteiger partial charge in [-0.2, -0.15) is 0 Å². The number of likely N-dealkylation sites (tertiary alicyclic amines) is 1. The van der Waals surface area contributed by atoms with Crippen molar-refractivity contribution in [2.45, 2.75) is 32.2 Å². The number of carbonyl (C=O) groups excluding carboxylic acids is 2. The minimum absolute atomic E-state index is 0.171. The van der Waals surface area contributed by atoms with Crippen molar-refractivity contribution in [2.24, 2.45) is 0 Å². The summed E-state index contributed by atoms with van der Waals surface area (Å²) in [6.45, 7) is 3.57. The predicted octanol–water partition coefficient (Wildman–Crippen LogP) is 0.150. The van der Waals surface area contributed by atoms with E-state index in [0.717, 1.165) is 13.0 Å². The van der Waals surface area contributed by atoms with Crippen molar-refractivity contribution in [2.75, 3.05) is 26.7 Å². The largest absolute Gasteiger partial charge is 0.466 e. The van der Waals surface area contributed by atoms with Crippen LogP contribution in [0.1, 0.15) is 26.2 Å². The molecule has 0 bridgehead atoms. The van der Waals surface area contributed by atoms with Crippen LogP contribution in [0, 0.1) is 0 Å². The average Bonchev–Trinajstić information content (AvgIpc) is 2.24. The Balaban J connectivity index is 2.14. The molecular weight excluding hydrogens is 208 g/mol. The quantitative estimate of drug-likeness (QED) is 0.680. The summed E-state index contributed by atoms with van der Waals surface area (Å²) in [5, 5.41) is 3.27. The van der Waals surface area contributed by atoms with Gasteiger partial charge in [-0.1, -0.05) is 0 Å². The molecule has 92 valence electrons. The number of hydrogen-bond donors (Lipinski definition) is 1. The van der Waals surface area contributed by atoms with Gasteiger partial charge in [0.15, 0.2) is 0 Å². The number of nitrogens with zero attached hydrogens (tertiary/aromatic N) is 1. The van der Waals surface area contributed by atoms with Gasteiger partial charge in [-0.05, 0) is 13.3 Å². The van der Waals surface area contributed by atoms with E-state index in [-0.39, 0.29) is 11.9 Å². The summed E-state index contributed by atoms with van der Waals surface area (Å²) in [7, 11) is 1.81. The van der Waals surface area contributed by atoms with E-state index >= 15 is 0 Å². The molecule has 0 aromatic rings. The second kappa shape index (κ2) is 6.48. The van der Waals surface area contributed by atoms with Crippen molar-refractivity contribution >= 4 is 11.9 Å². The molecule has 1 heterocycles. The van der Waals surface area contributed by atoms with Gasteiger partial charge >= 0.3 is 5.97 Å². The Morgan fingerprint density at radius 2 is 2.38 bits per heavy atom. The Labute approximate surface area is 96.1 Å². The van der Waals surface area contributed by atoms with Crippen LogP contribution in [0.4, 0.5) is 0 Å². The Hall–Kier alpha value is -1.10. The Kier molecular flexibility index (Phi) is 5.25. The van der Waals surface area contributed by atoms with Crippen molar-refractivity contribution in [3.8, 4) is 0 Å². The first kappa shape index (κ1) is 13.0. The number of rotatable bonds is 5. The van der Waals surface area contributed by atoms with Crippen molar-refractivity contribution < 1.29 is 14.3 Å². The fourth-order valence-corrected chi connectivity index (χ4v) is 1.79. The minimum Gasteiger partial charge on any atom is -0.466 e. The van der Waals surface area contributed by atoms with Crippen LogP contribution < -0.4 is 5.32 Å². The fraction of sp³-hybridized carbons (Fsp3) is 0.818. The zero-order valence-electron chi connectivity index (χ0n) is 9.99. The summed E-state index contributed by atoms with van der Waals surface area (Å²) in [5.41, 5.74) is 0. The highest BCUT2D eigenvalue weighted by molar-refractivity contribution is 5.76. The molecule has 1 atom stereocenters. The number of amides is 1. The molecule has 1 aliphatic heterocycles. The first-order valence-corrected chi connectivity index (χ1v) is 5.76. The third kappa shape index (κ3) is 4.18. The number of likely N-dealkylation sites (N-methyl/N-ethyl adjacent to an activating group) is 1. The van der Waals surface area contributed by atoms with E-state index < -0.39 is 0 Å². The molecule has 5 nitrogen and oxygen atoms in total. The first-order chi connectivity index (χ1) is 7.63. The number of esters is 1. The summed E-state index contributed by atoms with van der Waals surface area (Å²) in [6.07, 6.45) is 1.83. The van der Waals surface area contributed by atoms with Crippen LogP contribution >= 0.6 is 0 Å². The molecule has 5 heteroatoms. The van der Waals surface area contributed by atoms with Gasteiger partial charge in [-0.15, -0.1) is 0 Å². The van der Waals surface area contributed by atoms with Gasteiger partial charge in [-0.3, -0.25) is 9.59 Å². The van der Waals surface area contributed by atoms with Gasteiger partial charge in [0.05, 0.1) is 13.0 Å². The van der Waals surface area contributed by atoms with Crippen LogP contribution in [0.2, 0.25) is 0 Å². The third-order valence-corrected chi connectivity index (χ3v) is 2.69. The molecule has 0 spiro atoms. The average molecular weight is 228 g/mol. The maximum Gasteiger partial charge on any atom is 0.307 e. The lowest BCUT2D eigenvalue weighted by Gasteiger charge is -2.30.